The lowest BCUT2D eigenvalue weighted by Gasteiger charge is -2.30. The van der Waals surface area contributed by atoms with E-state index in [9.17, 15) is 4.79 Å². The summed E-state index contributed by atoms with van der Waals surface area (Å²) in [6.45, 7) is 9.82. The first-order valence-electron chi connectivity index (χ1n) is 8.92. The molecule has 2 fully saturated rings. The molecular weight excluding hydrogens is 290 g/mol. The highest BCUT2D eigenvalue weighted by molar-refractivity contribution is 5.74. The third kappa shape index (κ3) is 4.10. The van der Waals surface area contributed by atoms with Crippen molar-refractivity contribution in [2.45, 2.75) is 71.6 Å². The second-order valence-electron chi connectivity index (χ2n) is 7.42. The summed E-state index contributed by atoms with van der Waals surface area (Å²) in [4.78, 5) is 20.9. The summed E-state index contributed by atoms with van der Waals surface area (Å²) < 4.78 is 2.03. The molecule has 1 saturated heterocycles. The second-order valence-corrected chi connectivity index (χ2v) is 7.42. The summed E-state index contributed by atoms with van der Waals surface area (Å²) in [5.74, 6) is 1.83. The van der Waals surface area contributed by atoms with Crippen molar-refractivity contribution in [3.05, 3.63) is 12.2 Å². The van der Waals surface area contributed by atoms with Crippen LogP contribution in [-0.2, 0) is 17.9 Å². The van der Waals surface area contributed by atoms with Gasteiger partial charge >= 0.3 is 0 Å². The highest BCUT2D eigenvalue weighted by atomic mass is 16.2. The summed E-state index contributed by atoms with van der Waals surface area (Å²) in [5.41, 5.74) is 0. The normalized spacial score (nSPS) is 22.0. The Morgan fingerprint density at radius 2 is 2.17 bits per heavy atom. The Bertz CT molecular complexity index is 537. The highest BCUT2D eigenvalue weighted by Gasteiger charge is 2.35. The first-order chi connectivity index (χ1) is 11.0. The molecule has 1 aliphatic carbocycles. The minimum Gasteiger partial charge on any atom is -0.338 e. The lowest BCUT2D eigenvalue weighted by molar-refractivity contribution is -0.130. The zero-order valence-corrected chi connectivity index (χ0v) is 14.6. The fourth-order valence-corrected chi connectivity index (χ4v) is 3.55. The maximum absolute atomic E-state index is 11.9. The first-order valence-corrected chi connectivity index (χ1v) is 8.92. The molecule has 1 saturated carbocycles. The fourth-order valence-electron chi connectivity index (χ4n) is 3.55. The van der Waals surface area contributed by atoms with Crippen molar-refractivity contribution in [3.63, 3.8) is 0 Å². The first kappa shape index (κ1) is 16.4. The van der Waals surface area contributed by atoms with Crippen molar-refractivity contribution >= 4 is 5.91 Å². The van der Waals surface area contributed by atoms with Gasteiger partial charge < -0.3 is 4.90 Å². The monoisotopic (exact) mass is 319 g/mol. The minimum absolute atomic E-state index is 0.224. The number of hydrogen-bond acceptors (Lipinski definition) is 4. The molecule has 23 heavy (non-hydrogen) atoms. The van der Waals surface area contributed by atoms with Crippen LogP contribution in [0.1, 0.15) is 52.3 Å². The molecule has 1 aromatic heterocycles. The van der Waals surface area contributed by atoms with E-state index in [1.165, 1.54) is 25.7 Å². The van der Waals surface area contributed by atoms with Crippen molar-refractivity contribution < 1.29 is 4.79 Å². The molecule has 0 unspecified atom stereocenters. The quantitative estimate of drug-likeness (QED) is 0.770. The molecule has 0 spiro atoms. The van der Waals surface area contributed by atoms with E-state index in [4.69, 9.17) is 0 Å². The van der Waals surface area contributed by atoms with Crippen LogP contribution in [0.4, 0.5) is 0 Å². The van der Waals surface area contributed by atoms with Crippen molar-refractivity contribution in [3.8, 4) is 0 Å². The van der Waals surface area contributed by atoms with E-state index in [-0.39, 0.29) is 5.91 Å². The van der Waals surface area contributed by atoms with Crippen LogP contribution in [0.2, 0.25) is 0 Å². The van der Waals surface area contributed by atoms with Crippen molar-refractivity contribution in [1.82, 2.24) is 24.6 Å². The Hall–Kier alpha value is -1.43. The molecule has 0 radical (unpaired) electrons. The average Bonchev–Trinajstić information content (AvgIpc) is 3.08. The van der Waals surface area contributed by atoms with Crippen molar-refractivity contribution in [2.75, 3.05) is 13.1 Å². The zero-order chi connectivity index (χ0) is 16.4. The number of rotatable bonds is 7. The molecule has 3 rings (SSSR count). The molecule has 0 N–H and O–H groups in total. The van der Waals surface area contributed by atoms with Crippen LogP contribution >= 0.6 is 0 Å². The molecule has 6 heteroatoms. The second kappa shape index (κ2) is 6.99. The van der Waals surface area contributed by atoms with E-state index >= 15 is 0 Å². The standard InChI is InChI=1S/C17H29N5O/c1-13(2)9-22-17(18-12-19-22)11-20-8-4-5-16(20)10-21(14(3)23)15-6-7-15/h12-13,15-16H,4-11H2,1-3H3/t16-/m0/s1. The van der Waals surface area contributed by atoms with Crippen molar-refractivity contribution in [2.24, 2.45) is 5.92 Å². The van der Waals surface area contributed by atoms with E-state index in [1.807, 2.05) is 4.68 Å². The van der Waals surface area contributed by atoms with Gasteiger partial charge in [-0.2, -0.15) is 5.10 Å². The van der Waals surface area contributed by atoms with Gasteiger partial charge in [-0.05, 0) is 38.1 Å². The molecule has 1 aromatic rings. The van der Waals surface area contributed by atoms with Crippen LogP contribution in [-0.4, -0.2) is 55.6 Å². The van der Waals surface area contributed by atoms with Gasteiger partial charge in [0, 0.05) is 32.1 Å². The Balaban J connectivity index is 1.63. The molecular formula is C17H29N5O. The fraction of sp³-hybridized carbons (Fsp3) is 0.824. The van der Waals surface area contributed by atoms with E-state index < -0.39 is 0 Å². The maximum atomic E-state index is 11.9. The van der Waals surface area contributed by atoms with E-state index in [2.05, 4.69) is 33.7 Å². The predicted molar refractivity (Wildman–Crippen MR) is 88.7 cm³/mol. The Morgan fingerprint density at radius 1 is 1.39 bits per heavy atom. The van der Waals surface area contributed by atoms with Crippen LogP contribution in [0.15, 0.2) is 6.33 Å². The number of carbonyl (C=O) groups excluding carboxylic acids is 1. The third-order valence-corrected chi connectivity index (χ3v) is 4.88. The lowest BCUT2D eigenvalue weighted by atomic mass is 10.2. The molecule has 0 bridgehead atoms. The van der Waals surface area contributed by atoms with Gasteiger partial charge in [0.25, 0.3) is 0 Å². The van der Waals surface area contributed by atoms with Crippen LogP contribution in [0.25, 0.3) is 0 Å². The van der Waals surface area contributed by atoms with Gasteiger partial charge in [-0.1, -0.05) is 13.8 Å². The van der Waals surface area contributed by atoms with E-state index in [1.54, 1.807) is 13.3 Å². The molecule has 6 nitrogen and oxygen atoms in total. The molecule has 0 aromatic carbocycles. The number of nitrogens with zero attached hydrogens (tertiary/aromatic N) is 5. The van der Waals surface area contributed by atoms with Crippen LogP contribution in [0.3, 0.4) is 0 Å². The predicted octanol–water partition coefficient (Wildman–Crippen LogP) is 1.91. The van der Waals surface area contributed by atoms with Crippen LogP contribution in [0.5, 0.6) is 0 Å². The summed E-state index contributed by atoms with van der Waals surface area (Å²) >= 11 is 0. The highest BCUT2D eigenvalue weighted by Crippen LogP contribution is 2.29. The number of amides is 1. The van der Waals surface area contributed by atoms with Gasteiger partial charge in [0.2, 0.25) is 5.91 Å². The third-order valence-electron chi connectivity index (χ3n) is 4.88. The Labute approximate surface area is 138 Å². The summed E-state index contributed by atoms with van der Waals surface area (Å²) in [7, 11) is 0. The number of carbonyl (C=O) groups is 1. The average molecular weight is 319 g/mol. The smallest absolute Gasteiger partial charge is 0.219 e. The van der Waals surface area contributed by atoms with Crippen molar-refractivity contribution in [1.29, 1.82) is 0 Å². The number of likely N-dealkylation sites (tertiary alicyclic amines) is 1. The summed E-state index contributed by atoms with van der Waals surface area (Å²) in [5, 5.41) is 4.37. The van der Waals surface area contributed by atoms with Gasteiger partial charge in [0.05, 0.1) is 6.54 Å². The molecule has 2 aliphatic rings. The number of aromatic nitrogens is 3. The largest absolute Gasteiger partial charge is 0.338 e. The SMILES string of the molecule is CC(=O)N(C[C@@H]1CCCN1Cc1ncnn1CC(C)C)C1CC1. The van der Waals surface area contributed by atoms with Gasteiger partial charge in [-0.25, -0.2) is 9.67 Å². The van der Waals surface area contributed by atoms with E-state index in [0.717, 1.165) is 32.0 Å². The molecule has 1 atom stereocenters. The summed E-state index contributed by atoms with van der Waals surface area (Å²) in [6.07, 6.45) is 6.40. The van der Waals surface area contributed by atoms with Gasteiger partial charge in [-0.15, -0.1) is 0 Å². The van der Waals surface area contributed by atoms with E-state index in [0.29, 0.717) is 18.0 Å². The molecule has 1 amide bonds. The summed E-state index contributed by atoms with van der Waals surface area (Å²) in [6, 6.07) is 0.961. The molecule has 2 heterocycles. The van der Waals surface area contributed by atoms with Gasteiger partial charge in [0.1, 0.15) is 12.2 Å². The lowest BCUT2D eigenvalue weighted by Crippen LogP contribution is -2.43. The van der Waals surface area contributed by atoms with Crippen LogP contribution in [0, 0.1) is 5.92 Å². The molecule has 128 valence electrons. The van der Waals surface area contributed by atoms with Crippen LogP contribution < -0.4 is 0 Å². The minimum atomic E-state index is 0.224. The Morgan fingerprint density at radius 3 is 2.83 bits per heavy atom. The maximum Gasteiger partial charge on any atom is 0.219 e. The number of hydrogen-bond donors (Lipinski definition) is 0. The zero-order valence-electron chi connectivity index (χ0n) is 14.6. The topological polar surface area (TPSA) is 54.3 Å². The molecule has 1 aliphatic heterocycles. The Kier molecular flexibility index (Phi) is 4.99. The van der Waals surface area contributed by atoms with Gasteiger partial charge in [0.15, 0.2) is 0 Å². The van der Waals surface area contributed by atoms with Gasteiger partial charge in [-0.3, -0.25) is 9.69 Å².